The molecule has 0 aromatic heterocycles. The van der Waals surface area contributed by atoms with Crippen LogP contribution in [-0.4, -0.2) is 40.5 Å². The van der Waals surface area contributed by atoms with Gasteiger partial charge in [-0.1, -0.05) is 0 Å². The number of hydrogen-bond donors (Lipinski definition) is 2. The first-order chi connectivity index (χ1) is 8.58. The first-order valence-electron chi connectivity index (χ1n) is 5.54. The van der Waals surface area contributed by atoms with E-state index in [1.807, 2.05) is 0 Å². The topological polar surface area (TPSA) is 75.4 Å². The summed E-state index contributed by atoms with van der Waals surface area (Å²) in [6.07, 6.45) is 0. The van der Waals surface area contributed by atoms with Crippen molar-refractivity contribution in [3.8, 4) is 0 Å². The minimum atomic E-state index is -1.33. The molecule has 1 fully saturated rings. The number of nitrogen functional groups attached to an aromatic ring is 1. The van der Waals surface area contributed by atoms with Gasteiger partial charge in [0.2, 0.25) is 0 Å². The van der Waals surface area contributed by atoms with E-state index in [1.54, 1.807) is 11.0 Å². The van der Waals surface area contributed by atoms with Gasteiger partial charge in [-0.15, -0.1) is 0 Å². The van der Waals surface area contributed by atoms with Gasteiger partial charge < -0.3 is 16.0 Å². The Labute approximate surface area is 107 Å². The Bertz CT molecular complexity index is 495. The number of halogens is 1. The number of benzene rings is 1. The molecule has 1 aliphatic rings. The van der Waals surface area contributed by atoms with E-state index in [0.717, 1.165) is 0 Å². The van der Waals surface area contributed by atoms with E-state index in [4.69, 9.17) is 5.73 Å². The fourth-order valence-corrected chi connectivity index (χ4v) is 2.76. The number of hydrogen-bond acceptors (Lipinski definition) is 3. The predicted molar refractivity (Wildman–Crippen MR) is 67.1 cm³/mol. The van der Waals surface area contributed by atoms with Gasteiger partial charge in [0, 0.05) is 30.3 Å². The van der Waals surface area contributed by atoms with E-state index in [1.165, 1.54) is 12.1 Å². The third-order valence-electron chi connectivity index (χ3n) is 2.73. The highest BCUT2D eigenvalue weighted by Gasteiger charge is 2.19. The summed E-state index contributed by atoms with van der Waals surface area (Å²) in [6, 6.07) is 3.97. The van der Waals surface area contributed by atoms with Gasteiger partial charge >= 0.3 is 6.03 Å². The number of nitrogens with one attached hydrogen (secondary N) is 1. The van der Waals surface area contributed by atoms with Crippen LogP contribution in [0.15, 0.2) is 23.1 Å². The Balaban J connectivity index is 1.95. The molecular formula is C11H14FN3O2S. The van der Waals surface area contributed by atoms with Gasteiger partial charge in [-0.05, 0) is 18.2 Å². The molecule has 18 heavy (non-hydrogen) atoms. The van der Waals surface area contributed by atoms with Gasteiger partial charge in [-0.25, -0.2) is 9.18 Å². The number of carbonyl (C=O) groups is 1. The molecule has 3 N–H and O–H groups in total. The zero-order chi connectivity index (χ0) is 13.1. The molecule has 7 heteroatoms. The number of nitrogens with two attached hydrogens (primary N) is 1. The Morgan fingerprint density at radius 3 is 2.89 bits per heavy atom. The molecule has 98 valence electrons. The van der Waals surface area contributed by atoms with Crippen molar-refractivity contribution in [2.75, 3.05) is 31.1 Å². The highest BCUT2D eigenvalue weighted by atomic mass is 32.2. The third kappa shape index (κ3) is 2.79. The Morgan fingerprint density at radius 1 is 1.50 bits per heavy atom. The predicted octanol–water partition coefficient (Wildman–Crippen LogP) is 0.541. The molecule has 0 aliphatic carbocycles. The van der Waals surface area contributed by atoms with Gasteiger partial charge in [0.15, 0.2) is 0 Å². The lowest BCUT2D eigenvalue weighted by atomic mass is 10.3. The summed E-state index contributed by atoms with van der Waals surface area (Å²) in [6.45, 7) is 1.62. The van der Waals surface area contributed by atoms with Crippen LogP contribution in [-0.2, 0) is 10.8 Å². The van der Waals surface area contributed by atoms with Crippen LogP contribution in [0.25, 0.3) is 0 Å². The molecule has 1 saturated heterocycles. The van der Waals surface area contributed by atoms with E-state index in [0.29, 0.717) is 24.5 Å². The molecule has 1 aromatic carbocycles. The van der Waals surface area contributed by atoms with Crippen molar-refractivity contribution >= 4 is 22.5 Å². The van der Waals surface area contributed by atoms with E-state index in [2.05, 4.69) is 5.32 Å². The summed E-state index contributed by atoms with van der Waals surface area (Å²) < 4.78 is 25.1. The van der Waals surface area contributed by atoms with Crippen molar-refractivity contribution in [2.45, 2.75) is 4.90 Å². The van der Waals surface area contributed by atoms with Crippen molar-refractivity contribution < 1.29 is 13.4 Å². The van der Waals surface area contributed by atoms with Gasteiger partial charge in [0.05, 0.1) is 16.5 Å². The van der Waals surface area contributed by atoms with Crippen LogP contribution in [0.3, 0.4) is 0 Å². The van der Waals surface area contributed by atoms with Crippen LogP contribution in [0.4, 0.5) is 14.9 Å². The highest BCUT2D eigenvalue weighted by Crippen LogP contribution is 2.15. The van der Waals surface area contributed by atoms with Gasteiger partial charge in [0.1, 0.15) is 5.82 Å². The molecular weight excluding hydrogens is 257 g/mol. The maximum Gasteiger partial charge on any atom is 0.317 e. The number of amides is 2. The van der Waals surface area contributed by atoms with Crippen LogP contribution in [0.1, 0.15) is 0 Å². The molecule has 1 aromatic rings. The zero-order valence-corrected chi connectivity index (χ0v) is 10.5. The fraction of sp³-hybridized carbons (Fsp3) is 0.364. The lowest BCUT2D eigenvalue weighted by Crippen LogP contribution is -2.31. The number of anilines is 1. The molecule has 1 atom stereocenters. The Hall–Kier alpha value is -1.63. The normalized spacial score (nSPS) is 16.7. The molecule has 2 rings (SSSR count). The van der Waals surface area contributed by atoms with E-state index < -0.39 is 16.6 Å². The average Bonchev–Trinajstić information content (AvgIpc) is 2.75. The summed E-state index contributed by atoms with van der Waals surface area (Å²) in [5.74, 6) is -0.281. The fourth-order valence-electron chi connectivity index (χ4n) is 1.68. The Kier molecular flexibility index (Phi) is 3.81. The molecule has 0 spiro atoms. The number of nitrogens with zero attached hydrogens (tertiary/aromatic N) is 1. The molecule has 1 aliphatic heterocycles. The quantitative estimate of drug-likeness (QED) is 0.785. The van der Waals surface area contributed by atoms with Crippen molar-refractivity contribution in [3.05, 3.63) is 24.0 Å². The summed E-state index contributed by atoms with van der Waals surface area (Å²) in [7, 11) is -1.33. The van der Waals surface area contributed by atoms with E-state index in [-0.39, 0.29) is 17.5 Å². The molecule has 1 unspecified atom stereocenters. The van der Waals surface area contributed by atoms with Crippen LogP contribution in [0.5, 0.6) is 0 Å². The standard InChI is InChI=1S/C11H14FN3O2S/c12-9-7-8(1-2-10(9)13)18(17)6-5-15-4-3-14-11(15)16/h1-2,7H,3-6,13H2,(H,14,16). The minimum absolute atomic E-state index is 0.0367. The molecule has 5 nitrogen and oxygen atoms in total. The summed E-state index contributed by atoms with van der Waals surface area (Å²) in [5, 5.41) is 2.66. The number of rotatable bonds is 4. The molecule has 0 bridgehead atoms. The van der Waals surface area contributed by atoms with Crippen LogP contribution < -0.4 is 11.1 Å². The van der Waals surface area contributed by atoms with Gasteiger partial charge in [0.25, 0.3) is 0 Å². The van der Waals surface area contributed by atoms with Crippen molar-refractivity contribution in [1.29, 1.82) is 0 Å². The summed E-state index contributed by atoms with van der Waals surface area (Å²) in [5.41, 5.74) is 5.38. The second kappa shape index (κ2) is 5.34. The Morgan fingerprint density at radius 2 is 2.28 bits per heavy atom. The average molecular weight is 271 g/mol. The smallest absolute Gasteiger partial charge is 0.317 e. The number of urea groups is 1. The lowest BCUT2D eigenvalue weighted by Gasteiger charge is -2.13. The van der Waals surface area contributed by atoms with E-state index >= 15 is 0 Å². The summed E-state index contributed by atoms with van der Waals surface area (Å²) in [4.78, 5) is 13.2. The van der Waals surface area contributed by atoms with Crippen molar-refractivity contribution in [2.24, 2.45) is 0 Å². The number of carbonyl (C=O) groups excluding carboxylic acids is 1. The molecule has 0 saturated carbocycles. The summed E-state index contributed by atoms with van der Waals surface area (Å²) >= 11 is 0. The molecule has 1 heterocycles. The van der Waals surface area contributed by atoms with Crippen LogP contribution in [0.2, 0.25) is 0 Å². The lowest BCUT2D eigenvalue weighted by molar-refractivity contribution is 0.220. The SMILES string of the molecule is Nc1ccc(S(=O)CCN2CCNC2=O)cc1F. The van der Waals surface area contributed by atoms with Crippen molar-refractivity contribution in [1.82, 2.24) is 10.2 Å². The second-order valence-electron chi connectivity index (χ2n) is 3.95. The van der Waals surface area contributed by atoms with Crippen molar-refractivity contribution in [3.63, 3.8) is 0 Å². The van der Waals surface area contributed by atoms with Crippen LogP contribution in [0, 0.1) is 5.82 Å². The second-order valence-corrected chi connectivity index (χ2v) is 5.52. The zero-order valence-electron chi connectivity index (χ0n) is 9.69. The maximum atomic E-state index is 13.2. The molecule has 0 radical (unpaired) electrons. The third-order valence-corrected chi connectivity index (χ3v) is 4.06. The highest BCUT2D eigenvalue weighted by molar-refractivity contribution is 7.85. The van der Waals surface area contributed by atoms with Crippen LogP contribution >= 0.6 is 0 Å². The first kappa shape index (κ1) is 12.8. The largest absolute Gasteiger partial charge is 0.396 e. The first-order valence-corrected chi connectivity index (χ1v) is 6.86. The van der Waals surface area contributed by atoms with Gasteiger partial charge in [-0.2, -0.15) is 0 Å². The monoisotopic (exact) mass is 271 g/mol. The maximum absolute atomic E-state index is 13.2. The van der Waals surface area contributed by atoms with E-state index in [9.17, 15) is 13.4 Å². The minimum Gasteiger partial charge on any atom is -0.396 e. The van der Waals surface area contributed by atoms with Gasteiger partial charge in [-0.3, -0.25) is 4.21 Å². The molecule has 2 amide bonds.